The number of ether oxygens (including phenoxy) is 2. The number of aliphatic imine (C=N–C) groups is 1. The molecule has 1 heterocycles. The molecule has 0 unspecified atom stereocenters. The van der Waals surface area contributed by atoms with Gasteiger partial charge in [0.25, 0.3) is 5.91 Å². The highest BCUT2D eigenvalue weighted by Gasteiger charge is 2.32. The minimum absolute atomic E-state index is 0.142. The molecule has 0 aliphatic carbocycles. The number of hydrogen-bond acceptors (Lipinski definition) is 7. The van der Waals surface area contributed by atoms with Gasteiger partial charge in [-0.2, -0.15) is 0 Å². The third-order valence-corrected chi connectivity index (χ3v) is 7.53. The normalized spacial score (nSPS) is 17.9. The van der Waals surface area contributed by atoms with Crippen molar-refractivity contribution < 1.29 is 22.7 Å². The van der Waals surface area contributed by atoms with Crippen LogP contribution in [0.25, 0.3) is 0 Å². The highest BCUT2D eigenvalue weighted by molar-refractivity contribution is 8.14. The molecule has 10 heteroatoms. The first-order valence-electron chi connectivity index (χ1n) is 9.48. The van der Waals surface area contributed by atoms with Gasteiger partial charge in [0, 0.05) is 37.5 Å². The molecule has 0 saturated carbocycles. The minimum atomic E-state index is -3.58. The van der Waals surface area contributed by atoms with Crippen LogP contribution in [-0.4, -0.2) is 68.8 Å². The van der Waals surface area contributed by atoms with E-state index in [0.717, 1.165) is 4.31 Å². The van der Waals surface area contributed by atoms with E-state index in [1.807, 2.05) is 6.92 Å². The van der Waals surface area contributed by atoms with Crippen molar-refractivity contribution in [3.63, 3.8) is 0 Å². The molecule has 0 bridgehead atoms. The molecule has 31 heavy (non-hydrogen) atoms. The number of carbonyl (C=O) groups is 1. The Hall–Kier alpha value is -2.56. The van der Waals surface area contributed by atoms with Crippen LogP contribution in [0, 0.1) is 0 Å². The molecular formula is C21H25N3O5S2. The molecule has 8 nitrogen and oxygen atoms in total. The number of sulfonamides is 1. The van der Waals surface area contributed by atoms with Crippen LogP contribution in [0.2, 0.25) is 0 Å². The van der Waals surface area contributed by atoms with Gasteiger partial charge < -0.3 is 9.47 Å². The topological polar surface area (TPSA) is 88.5 Å². The summed E-state index contributed by atoms with van der Waals surface area (Å²) in [6.07, 6.45) is 0. The summed E-state index contributed by atoms with van der Waals surface area (Å²) in [5.74, 6) is 0.801. The van der Waals surface area contributed by atoms with Crippen LogP contribution in [0.1, 0.15) is 17.3 Å². The quantitative estimate of drug-likeness (QED) is 0.654. The first-order valence-corrected chi connectivity index (χ1v) is 11.8. The summed E-state index contributed by atoms with van der Waals surface area (Å²) < 4.78 is 36.6. The average Bonchev–Trinajstić information content (AvgIpc) is 3.12. The zero-order valence-corrected chi connectivity index (χ0v) is 19.7. The van der Waals surface area contributed by atoms with Gasteiger partial charge in [0.1, 0.15) is 11.5 Å². The number of thioether (sulfide) groups is 1. The van der Waals surface area contributed by atoms with E-state index in [2.05, 4.69) is 4.99 Å². The predicted octanol–water partition coefficient (Wildman–Crippen LogP) is 3.22. The highest BCUT2D eigenvalue weighted by Crippen LogP contribution is 2.32. The number of benzene rings is 2. The lowest BCUT2D eigenvalue weighted by Gasteiger charge is -2.17. The molecule has 1 saturated heterocycles. The molecule has 2 aromatic rings. The van der Waals surface area contributed by atoms with E-state index in [9.17, 15) is 13.2 Å². The fourth-order valence-electron chi connectivity index (χ4n) is 2.99. The standard InChI is InChI=1S/C21H25N3O5S2/c1-14-13-24(20(25)15-9-17(28-4)12-18(10-15)29-5)21(30-14)22-16-7-6-8-19(11-16)31(26,27)23(2)3/h6-12,14H,13H2,1-5H3/t14-/m0/s1. The summed E-state index contributed by atoms with van der Waals surface area (Å²) in [4.78, 5) is 19.6. The molecule has 0 radical (unpaired) electrons. The first-order chi connectivity index (χ1) is 14.6. The van der Waals surface area contributed by atoms with Gasteiger partial charge in [0.05, 0.1) is 24.8 Å². The van der Waals surface area contributed by atoms with Crippen molar-refractivity contribution in [3.05, 3.63) is 48.0 Å². The summed E-state index contributed by atoms with van der Waals surface area (Å²) in [7, 11) is 2.42. The van der Waals surface area contributed by atoms with Crippen molar-refractivity contribution in [1.29, 1.82) is 0 Å². The van der Waals surface area contributed by atoms with Crippen LogP contribution < -0.4 is 9.47 Å². The second-order valence-electron chi connectivity index (χ2n) is 7.12. The SMILES string of the molecule is COc1cc(OC)cc(C(=O)N2C[C@H](C)SC2=Nc2cccc(S(=O)(=O)N(C)C)c2)c1. The number of rotatable bonds is 6. The van der Waals surface area contributed by atoms with Crippen LogP contribution in [0.3, 0.4) is 0 Å². The monoisotopic (exact) mass is 463 g/mol. The molecule has 3 rings (SSSR count). The van der Waals surface area contributed by atoms with Gasteiger partial charge in [0.15, 0.2) is 5.17 Å². The molecule has 2 aromatic carbocycles. The molecule has 0 N–H and O–H groups in total. The van der Waals surface area contributed by atoms with Crippen molar-refractivity contribution in [1.82, 2.24) is 9.21 Å². The highest BCUT2D eigenvalue weighted by atomic mass is 32.2. The average molecular weight is 464 g/mol. The maximum Gasteiger partial charge on any atom is 0.260 e. The van der Waals surface area contributed by atoms with E-state index in [4.69, 9.17) is 9.47 Å². The first kappa shape index (κ1) is 23.1. The Balaban J connectivity index is 1.97. The van der Waals surface area contributed by atoms with E-state index < -0.39 is 10.0 Å². The Morgan fingerprint density at radius 3 is 2.35 bits per heavy atom. The molecule has 0 spiro atoms. The minimum Gasteiger partial charge on any atom is -0.497 e. The van der Waals surface area contributed by atoms with E-state index in [1.165, 1.54) is 52.2 Å². The predicted molar refractivity (Wildman–Crippen MR) is 122 cm³/mol. The lowest BCUT2D eigenvalue weighted by molar-refractivity contribution is 0.0854. The smallest absolute Gasteiger partial charge is 0.260 e. The lowest BCUT2D eigenvalue weighted by atomic mass is 10.1. The fourth-order valence-corrected chi connectivity index (χ4v) is 4.96. The van der Waals surface area contributed by atoms with Crippen molar-refractivity contribution in [3.8, 4) is 11.5 Å². The number of hydrogen-bond donors (Lipinski definition) is 0. The summed E-state index contributed by atoms with van der Waals surface area (Å²) in [5.41, 5.74) is 0.878. The summed E-state index contributed by atoms with van der Waals surface area (Å²) >= 11 is 1.46. The molecule has 1 fully saturated rings. The van der Waals surface area contributed by atoms with E-state index in [1.54, 1.807) is 35.2 Å². The molecule has 1 aliphatic heterocycles. The van der Waals surface area contributed by atoms with Crippen LogP contribution in [0.5, 0.6) is 11.5 Å². The zero-order valence-electron chi connectivity index (χ0n) is 18.0. The molecule has 166 valence electrons. The van der Waals surface area contributed by atoms with Gasteiger partial charge >= 0.3 is 0 Å². The van der Waals surface area contributed by atoms with Crippen LogP contribution in [0.4, 0.5) is 5.69 Å². The molecule has 1 atom stereocenters. The van der Waals surface area contributed by atoms with Crippen molar-refractivity contribution in [2.45, 2.75) is 17.1 Å². The fraction of sp³-hybridized carbons (Fsp3) is 0.333. The third-order valence-electron chi connectivity index (χ3n) is 4.64. The molecule has 1 aliphatic rings. The van der Waals surface area contributed by atoms with Crippen molar-refractivity contribution in [2.24, 2.45) is 4.99 Å². The van der Waals surface area contributed by atoms with Gasteiger partial charge in [-0.3, -0.25) is 9.69 Å². The Labute approximate surface area is 186 Å². The number of methoxy groups -OCH3 is 2. The van der Waals surface area contributed by atoms with Crippen molar-refractivity contribution >= 4 is 38.5 Å². The van der Waals surface area contributed by atoms with E-state index in [0.29, 0.717) is 34.5 Å². The third kappa shape index (κ3) is 5.03. The summed E-state index contributed by atoms with van der Waals surface area (Å²) in [6.45, 7) is 2.49. The second kappa shape index (κ2) is 9.29. The molecular weight excluding hydrogens is 438 g/mol. The van der Waals surface area contributed by atoms with Gasteiger partial charge in [-0.15, -0.1) is 0 Å². The Bertz CT molecular complexity index is 1090. The lowest BCUT2D eigenvalue weighted by Crippen LogP contribution is -2.32. The summed E-state index contributed by atoms with van der Waals surface area (Å²) in [5, 5.41) is 0.655. The Kier molecular flexibility index (Phi) is 6.93. The van der Waals surface area contributed by atoms with Crippen LogP contribution in [0.15, 0.2) is 52.4 Å². The second-order valence-corrected chi connectivity index (χ2v) is 10.7. The number of amidine groups is 1. The number of carbonyl (C=O) groups excluding carboxylic acids is 1. The largest absolute Gasteiger partial charge is 0.497 e. The number of amides is 1. The molecule has 0 aromatic heterocycles. The van der Waals surface area contributed by atoms with Gasteiger partial charge in [-0.1, -0.05) is 24.8 Å². The maximum atomic E-state index is 13.3. The van der Waals surface area contributed by atoms with Crippen LogP contribution >= 0.6 is 11.8 Å². The number of nitrogens with zero attached hydrogens (tertiary/aromatic N) is 3. The van der Waals surface area contributed by atoms with E-state index in [-0.39, 0.29) is 16.1 Å². The molecule has 1 amide bonds. The van der Waals surface area contributed by atoms with Crippen molar-refractivity contribution in [2.75, 3.05) is 34.9 Å². The Morgan fingerprint density at radius 1 is 1.13 bits per heavy atom. The maximum absolute atomic E-state index is 13.3. The Morgan fingerprint density at radius 2 is 1.77 bits per heavy atom. The van der Waals surface area contributed by atoms with Crippen LogP contribution in [-0.2, 0) is 10.0 Å². The van der Waals surface area contributed by atoms with E-state index >= 15 is 0 Å². The van der Waals surface area contributed by atoms with Gasteiger partial charge in [-0.25, -0.2) is 17.7 Å². The van der Waals surface area contributed by atoms with Gasteiger partial charge in [-0.05, 0) is 30.3 Å². The van der Waals surface area contributed by atoms with Gasteiger partial charge in [0.2, 0.25) is 10.0 Å². The zero-order chi connectivity index (χ0) is 22.8. The summed E-state index contributed by atoms with van der Waals surface area (Å²) in [6, 6.07) is 11.4.